The first-order chi connectivity index (χ1) is 7.50. The van der Waals surface area contributed by atoms with Gasteiger partial charge in [0.2, 0.25) is 0 Å². The lowest BCUT2D eigenvalue weighted by Crippen LogP contribution is -2.09. The van der Waals surface area contributed by atoms with Crippen molar-refractivity contribution in [2.24, 2.45) is 0 Å². The number of carboxylic acid groups (broad SMARTS) is 1. The molecule has 0 unspecified atom stereocenters. The SMILES string of the molecule is O=C(O)COCCc1c(Cl)cc(Cl)cc1Cl. The minimum absolute atomic E-state index is 0.243. The van der Waals surface area contributed by atoms with Gasteiger partial charge in [0.25, 0.3) is 0 Å². The molecule has 1 rings (SSSR count). The van der Waals surface area contributed by atoms with Gasteiger partial charge < -0.3 is 9.84 Å². The minimum atomic E-state index is -1.01. The van der Waals surface area contributed by atoms with Gasteiger partial charge in [0, 0.05) is 15.1 Å². The molecule has 0 fully saturated rings. The maximum absolute atomic E-state index is 10.2. The Balaban J connectivity index is 2.57. The molecule has 0 aliphatic heterocycles. The van der Waals surface area contributed by atoms with Crippen LogP contribution >= 0.6 is 34.8 Å². The van der Waals surface area contributed by atoms with E-state index in [1.165, 1.54) is 0 Å². The van der Waals surface area contributed by atoms with E-state index in [2.05, 4.69) is 0 Å². The topological polar surface area (TPSA) is 46.5 Å². The molecule has 0 saturated heterocycles. The normalized spacial score (nSPS) is 10.4. The fraction of sp³-hybridized carbons (Fsp3) is 0.300. The van der Waals surface area contributed by atoms with E-state index in [1.54, 1.807) is 12.1 Å². The largest absolute Gasteiger partial charge is 0.480 e. The zero-order valence-corrected chi connectivity index (χ0v) is 10.4. The standard InChI is InChI=1S/C10H9Cl3O3/c11-6-3-8(12)7(9(13)4-6)1-2-16-5-10(14)15/h3-4H,1-2,5H2,(H,14,15). The van der Waals surface area contributed by atoms with Gasteiger partial charge in [-0.3, -0.25) is 0 Å². The summed E-state index contributed by atoms with van der Waals surface area (Å²) in [4.78, 5) is 10.2. The third-order valence-electron chi connectivity index (χ3n) is 1.83. The Morgan fingerprint density at radius 2 is 1.81 bits per heavy atom. The summed E-state index contributed by atoms with van der Waals surface area (Å²) in [5, 5.41) is 9.73. The third-order valence-corrected chi connectivity index (χ3v) is 2.72. The van der Waals surface area contributed by atoms with Crippen molar-refractivity contribution < 1.29 is 14.6 Å². The molecule has 6 heteroatoms. The highest BCUT2D eigenvalue weighted by molar-refractivity contribution is 6.39. The van der Waals surface area contributed by atoms with E-state index >= 15 is 0 Å². The molecular weight excluding hydrogens is 274 g/mol. The summed E-state index contributed by atoms with van der Waals surface area (Å²) in [6.45, 7) is -0.0871. The summed E-state index contributed by atoms with van der Waals surface area (Å²) >= 11 is 17.6. The van der Waals surface area contributed by atoms with E-state index in [0.29, 0.717) is 27.1 Å². The molecule has 1 N–H and O–H groups in total. The van der Waals surface area contributed by atoms with Crippen LogP contribution in [-0.2, 0) is 16.0 Å². The third kappa shape index (κ3) is 4.18. The molecule has 0 spiro atoms. The molecule has 1 aromatic rings. The van der Waals surface area contributed by atoms with Gasteiger partial charge in [-0.2, -0.15) is 0 Å². The van der Waals surface area contributed by atoms with E-state index < -0.39 is 5.97 Å². The van der Waals surface area contributed by atoms with E-state index in [-0.39, 0.29) is 13.2 Å². The molecule has 0 aromatic heterocycles. The fourth-order valence-electron chi connectivity index (χ4n) is 1.14. The molecule has 0 radical (unpaired) electrons. The Bertz CT molecular complexity index is 370. The molecule has 0 atom stereocenters. The summed E-state index contributed by atoms with van der Waals surface area (Å²) in [7, 11) is 0. The number of hydrogen-bond donors (Lipinski definition) is 1. The Labute approximate surface area is 108 Å². The first kappa shape index (κ1) is 13.6. The molecule has 88 valence electrons. The van der Waals surface area contributed by atoms with E-state index in [0.717, 1.165) is 0 Å². The van der Waals surface area contributed by atoms with Crippen molar-refractivity contribution in [3.8, 4) is 0 Å². The van der Waals surface area contributed by atoms with Crippen LogP contribution in [0.4, 0.5) is 0 Å². The number of carboxylic acids is 1. The highest BCUT2D eigenvalue weighted by Gasteiger charge is 2.08. The number of carbonyl (C=O) groups is 1. The van der Waals surface area contributed by atoms with Crippen LogP contribution in [0.15, 0.2) is 12.1 Å². The van der Waals surface area contributed by atoms with E-state index in [1.807, 2.05) is 0 Å². The highest BCUT2D eigenvalue weighted by Crippen LogP contribution is 2.29. The van der Waals surface area contributed by atoms with Crippen molar-refractivity contribution >= 4 is 40.8 Å². The Hall–Kier alpha value is -0.480. The number of rotatable bonds is 5. The van der Waals surface area contributed by atoms with Gasteiger partial charge in [-0.15, -0.1) is 0 Å². The van der Waals surface area contributed by atoms with Crippen LogP contribution in [-0.4, -0.2) is 24.3 Å². The predicted molar refractivity (Wildman–Crippen MR) is 63.6 cm³/mol. The van der Waals surface area contributed by atoms with Crippen LogP contribution in [0.2, 0.25) is 15.1 Å². The van der Waals surface area contributed by atoms with Crippen molar-refractivity contribution in [1.82, 2.24) is 0 Å². The van der Waals surface area contributed by atoms with Crippen molar-refractivity contribution in [2.45, 2.75) is 6.42 Å². The lowest BCUT2D eigenvalue weighted by molar-refractivity contribution is -0.142. The average Bonchev–Trinajstić information content (AvgIpc) is 2.14. The van der Waals surface area contributed by atoms with E-state index in [9.17, 15) is 4.79 Å². The number of benzene rings is 1. The quantitative estimate of drug-likeness (QED) is 0.844. The number of halogens is 3. The van der Waals surface area contributed by atoms with Crippen molar-refractivity contribution in [3.05, 3.63) is 32.8 Å². The highest BCUT2D eigenvalue weighted by atomic mass is 35.5. The van der Waals surface area contributed by atoms with Crippen molar-refractivity contribution in [2.75, 3.05) is 13.2 Å². The molecule has 3 nitrogen and oxygen atoms in total. The second-order valence-electron chi connectivity index (χ2n) is 3.04. The van der Waals surface area contributed by atoms with Crippen LogP contribution in [0, 0.1) is 0 Å². The van der Waals surface area contributed by atoms with Crippen LogP contribution in [0.25, 0.3) is 0 Å². The van der Waals surface area contributed by atoms with Crippen LogP contribution in [0.3, 0.4) is 0 Å². The number of aliphatic carboxylic acids is 1. The molecule has 0 amide bonds. The minimum Gasteiger partial charge on any atom is -0.480 e. The maximum Gasteiger partial charge on any atom is 0.329 e. The van der Waals surface area contributed by atoms with E-state index in [4.69, 9.17) is 44.6 Å². The molecule has 16 heavy (non-hydrogen) atoms. The smallest absolute Gasteiger partial charge is 0.329 e. The van der Waals surface area contributed by atoms with Crippen molar-refractivity contribution in [1.29, 1.82) is 0 Å². The van der Waals surface area contributed by atoms with Crippen molar-refractivity contribution in [3.63, 3.8) is 0 Å². The molecule has 0 aliphatic rings. The second kappa shape index (κ2) is 6.30. The number of hydrogen-bond acceptors (Lipinski definition) is 2. The fourth-order valence-corrected chi connectivity index (χ4v) is 2.15. The van der Waals surface area contributed by atoms with Gasteiger partial charge in [-0.05, 0) is 24.1 Å². The summed E-state index contributed by atoms with van der Waals surface area (Å²) in [5.74, 6) is -1.01. The molecule has 1 aromatic carbocycles. The molecule has 0 aliphatic carbocycles. The monoisotopic (exact) mass is 282 g/mol. The maximum atomic E-state index is 10.2. The van der Waals surface area contributed by atoms with Crippen LogP contribution < -0.4 is 0 Å². The second-order valence-corrected chi connectivity index (χ2v) is 4.30. The zero-order valence-electron chi connectivity index (χ0n) is 8.17. The van der Waals surface area contributed by atoms with Gasteiger partial charge in [0.05, 0.1) is 6.61 Å². The van der Waals surface area contributed by atoms with Gasteiger partial charge in [-0.25, -0.2) is 4.79 Å². The van der Waals surface area contributed by atoms with Gasteiger partial charge in [-0.1, -0.05) is 34.8 Å². The molecule has 0 bridgehead atoms. The lowest BCUT2D eigenvalue weighted by atomic mass is 10.1. The summed E-state index contributed by atoms with van der Waals surface area (Å²) in [6, 6.07) is 3.17. The van der Waals surface area contributed by atoms with Crippen LogP contribution in [0.5, 0.6) is 0 Å². The Kier molecular flexibility index (Phi) is 5.35. The van der Waals surface area contributed by atoms with Crippen LogP contribution in [0.1, 0.15) is 5.56 Å². The molecule has 0 saturated carbocycles. The average molecular weight is 284 g/mol. The Morgan fingerprint density at radius 3 is 2.31 bits per heavy atom. The molecule has 0 heterocycles. The Morgan fingerprint density at radius 1 is 1.25 bits per heavy atom. The van der Waals surface area contributed by atoms with Gasteiger partial charge in [0.15, 0.2) is 0 Å². The summed E-state index contributed by atoms with van der Waals surface area (Å²) in [6.07, 6.45) is 0.447. The predicted octanol–water partition coefficient (Wildman–Crippen LogP) is 3.29. The zero-order chi connectivity index (χ0) is 12.1. The first-order valence-corrected chi connectivity index (χ1v) is 5.57. The molecular formula is C10H9Cl3O3. The summed E-state index contributed by atoms with van der Waals surface area (Å²) < 4.78 is 4.89. The number of ether oxygens (including phenoxy) is 1. The van der Waals surface area contributed by atoms with Gasteiger partial charge in [0.1, 0.15) is 6.61 Å². The lowest BCUT2D eigenvalue weighted by Gasteiger charge is -2.07. The first-order valence-electron chi connectivity index (χ1n) is 4.43. The summed E-state index contributed by atoms with van der Waals surface area (Å²) in [5.41, 5.74) is 0.707. The van der Waals surface area contributed by atoms with Gasteiger partial charge >= 0.3 is 5.97 Å².